The number of hydrogen-bond donors (Lipinski definition) is 1. The molecule has 11 heteroatoms. The topological polar surface area (TPSA) is 115 Å². The standard InChI is InChI=1S/C30H40N8O2S/c1-7-20-13-14-25-33-34-28(38(20)25)23-11-8-12-24(31-23)37-17-22-21(29(37)39)16-26(36-15-9-10-18(36)2)32-27(22)19(3)35-41(40)30(4,5)6/h8,11-12,16,18-20,35H,7,9-10,13-15,17H2,1-6H3/t18-,19-,20+,41+/m1/s1. The number of carbonyl (C=O) groups excluding carboxylic acids is 1. The Kier molecular flexibility index (Phi) is 7.32. The van der Waals surface area contributed by atoms with E-state index in [1.807, 2.05) is 52.0 Å². The molecule has 3 aliphatic rings. The van der Waals surface area contributed by atoms with Crippen LogP contribution in [0.2, 0.25) is 0 Å². The van der Waals surface area contributed by atoms with E-state index in [0.29, 0.717) is 35.7 Å². The largest absolute Gasteiger partial charge is 0.598 e. The first-order valence-corrected chi connectivity index (χ1v) is 15.9. The smallest absolute Gasteiger partial charge is 0.260 e. The highest BCUT2D eigenvalue weighted by Crippen LogP contribution is 2.37. The second kappa shape index (κ2) is 10.7. The quantitative estimate of drug-likeness (QED) is 0.395. The molecule has 1 amide bonds. The molecule has 6 rings (SSSR count). The third-order valence-electron chi connectivity index (χ3n) is 8.58. The molecule has 0 spiro atoms. The first kappa shape index (κ1) is 28.1. The molecule has 1 saturated heterocycles. The van der Waals surface area contributed by atoms with Gasteiger partial charge in [0.15, 0.2) is 5.82 Å². The Balaban J connectivity index is 1.37. The second-order valence-corrected chi connectivity index (χ2v) is 14.5. The van der Waals surface area contributed by atoms with Gasteiger partial charge in [-0.2, -0.15) is 0 Å². The Morgan fingerprint density at radius 2 is 1.98 bits per heavy atom. The molecule has 3 aromatic rings. The number of fused-ring (bicyclic) bond motifs is 2. The molecular formula is C30H40N8O2S. The molecule has 0 bridgehead atoms. The van der Waals surface area contributed by atoms with Gasteiger partial charge in [-0.1, -0.05) is 13.0 Å². The molecule has 218 valence electrons. The zero-order valence-corrected chi connectivity index (χ0v) is 25.7. The summed E-state index contributed by atoms with van der Waals surface area (Å²) in [5, 5.41) is 8.89. The average molecular weight is 577 g/mol. The van der Waals surface area contributed by atoms with Crippen molar-refractivity contribution in [1.82, 2.24) is 29.5 Å². The first-order valence-electron chi connectivity index (χ1n) is 14.8. The number of carbonyl (C=O) groups is 1. The Morgan fingerprint density at radius 3 is 2.68 bits per heavy atom. The van der Waals surface area contributed by atoms with Gasteiger partial charge in [0.1, 0.15) is 27.9 Å². The van der Waals surface area contributed by atoms with E-state index < -0.39 is 16.1 Å². The lowest BCUT2D eigenvalue weighted by Gasteiger charge is -2.28. The van der Waals surface area contributed by atoms with Crippen LogP contribution in [0.4, 0.5) is 11.6 Å². The molecule has 4 atom stereocenters. The van der Waals surface area contributed by atoms with Gasteiger partial charge in [0.05, 0.1) is 23.8 Å². The maximum absolute atomic E-state index is 14.0. The summed E-state index contributed by atoms with van der Waals surface area (Å²) < 4.78 is 18.1. The predicted octanol–water partition coefficient (Wildman–Crippen LogP) is 4.89. The van der Waals surface area contributed by atoms with Crippen LogP contribution in [0, 0.1) is 0 Å². The molecule has 1 N–H and O–H groups in total. The first-order chi connectivity index (χ1) is 19.6. The Bertz CT molecular complexity index is 1470. The number of rotatable bonds is 7. The fourth-order valence-electron chi connectivity index (χ4n) is 6.23. The summed E-state index contributed by atoms with van der Waals surface area (Å²) >= 11 is -1.29. The van der Waals surface area contributed by atoms with E-state index in [4.69, 9.17) is 9.97 Å². The van der Waals surface area contributed by atoms with Crippen LogP contribution in [0.5, 0.6) is 0 Å². The van der Waals surface area contributed by atoms with Crippen molar-refractivity contribution in [2.45, 2.75) is 103 Å². The van der Waals surface area contributed by atoms with Crippen molar-refractivity contribution in [3.8, 4) is 11.5 Å². The van der Waals surface area contributed by atoms with Gasteiger partial charge in [0, 0.05) is 42.0 Å². The monoisotopic (exact) mass is 576 g/mol. The zero-order chi connectivity index (χ0) is 29.1. The molecule has 0 aromatic carbocycles. The van der Waals surface area contributed by atoms with Gasteiger partial charge in [0.25, 0.3) is 5.91 Å². The third-order valence-corrected chi connectivity index (χ3v) is 10.3. The molecule has 6 heterocycles. The number of nitrogens with zero attached hydrogens (tertiary/aromatic N) is 7. The summed E-state index contributed by atoms with van der Waals surface area (Å²) in [5.41, 5.74) is 2.98. The highest BCUT2D eigenvalue weighted by molar-refractivity contribution is 7.90. The van der Waals surface area contributed by atoms with Gasteiger partial charge < -0.3 is 14.0 Å². The number of pyridine rings is 2. The van der Waals surface area contributed by atoms with Crippen LogP contribution in [-0.2, 0) is 24.3 Å². The zero-order valence-electron chi connectivity index (χ0n) is 24.8. The van der Waals surface area contributed by atoms with E-state index >= 15 is 0 Å². The molecule has 0 saturated carbocycles. The van der Waals surface area contributed by atoms with Crippen molar-refractivity contribution < 1.29 is 9.35 Å². The SMILES string of the molecule is CC[C@H]1CCc2nnc(-c3cccc(N4Cc5c(cc(N6CCC[C@H]6C)nc5[C@@H](C)N[S@@+]([O-])C(C)(C)C)C4=O)n3)n21. The minimum absolute atomic E-state index is 0.0940. The molecule has 0 radical (unpaired) electrons. The van der Waals surface area contributed by atoms with E-state index in [2.05, 4.69) is 38.2 Å². The van der Waals surface area contributed by atoms with Gasteiger partial charge in [-0.25, -0.2) is 9.97 Å². The van der Waals surface area contributed by atoms with E-state index in [1.165, 1.54) is 0 Å². The van der Waals surface area contributed by atoms with Crippen molar-refractivity contribution in [2.24, 2.45) is 0 Å². The molecule has 1 fully saturated rings. The second-order valence-electron chi connectivity index (χ2n) is 12.5. The van der Waals surface area contributed by atoms with Crippen molar-refractivity contribution in [3.05, 3.63) is 46.9 Å². The molecule has 0 unspecified atom stereocenters. The number of amides is 1. The van der Waals surface area contributed by atoms with Crippen molar-refractivity contribution in [2.75, 3.05) is 16.3 Å². The number of aryl methyl sites for hydroxylation is 1. The maximum atomic E-state index is 14.0. The molecule has 41 heavy (non-hydrogen) atoms. The Hall–Kier alpha value is -3.02. The molecule has 0 aliphatic carbocycles. The van der Waals surface area contributed by atoms with Gasteiger partial charge >= 0.3 is 0 Å². The van der Waals surface area contributed by atoms with E-state index in [9.17, 15) is 9.35 Å². The van der Waals surface area contributed by atoms with Crippen molar-refractivity contribution in [3.63, 3.8) is 0 Å². The third kappa shape index (κ3) is 5.02. The summed E-state index contributed by atoms with van der Waals surface area (Å²) in [6.07, 6.45) is 5.19. The van der Waals surface area contributed by atoms with E-state index in [-0.39, 0.29) is 11.9 Å². The van der Waals surface area contributed by atoms with Crippen molar-refractivity contribution >= 4 is 28.9 Å². The number of hydrogen-bond acceptors (Lipinski definition) is 8. The number of nitrogens with one attached hydrogen (secondary N) is 1. The van der Waals surface area contributed by atoms with Crippen LogP contribution in [0.3, 0.4) is 0 Å². The fourth-order valence-corrected chi connectivity index (χ4v) is 7.02. The minimum atomic E-state index is -1.29. The lowest BCUT2D eigenvalue weighted by molar-refractivity contribution is 0.0996. The van der Waals surface area contributed by atoms with Crippen molar-refractivity contribution in [1.29, 1.82) is 0 Å². The normalized spacial score (nSPS) is 21.9. The lowest BCUT2D eigenvalue weighted by atomic mass is 10.0. The predicted molar refractivity (Wildman–Crippen MR) is 161 cm³/mol. The van der Waals surface area contributed by atoms with Gasteiger partial charge in [0.2, 0.25) is 0 Å². The maximum Gasteiger partial charge on any atom is 0.260 e. The van der Waals surface area contributed by atoms with Gasteiger partial charge in [-0.15, -0.1) is 14.9 Å². The fraction of sp³-hybridized carbons (Fsp3) is 0.567. The highest BCUT2D eigenvalue weighted by atomic mass is 32.2. The van der Waals surface area contributed by atoms with E-state index in [0.717, 1.165) is 67.4 Å². The minimum Gasteiger partial charge on any atom is -0.598 e. The molecular weight excluding hydrogens is 536 g/mol. The lowest BCUT2D eigenvalue weighted by Crippen LogP contribution is -2.41. The molecule has 3 aromatic heterocycles. The van der Waals surface area contributed by atoms with Gasteiger partial charge in [-0.05, 0) is 78.5 Å². The van der Waals surface area contributed by atoms with Crippen LogP contribution in [0.1, 0.15) is 107 Å². The summed E-state index contributed by atoms with van der Waals surface area (Å²) in [7, 11) is 0. The summed E-state index contributed by atoms with van der Waals surface area (Å²) in [6, 6.07) is 8.09. The highest BCUT2D eigenvalue weighted by Gasteiger charge is 2.38. The van der Waals surface area contributed by atoms with Crippen LogP contribution >= 0.6 is 0 Å². The average Bonchev–Trinajstić information content (AvgIpc) is 3.72. The summed E-state index contributed by atoms with van der Waals surface area (Å²) in [6.45, 7) is 13.5. The Labute approximate surface area is 245 Å². The van der Waals surface area contributed by atoms with E-state index in [1.54, 1.807) is 4.90 Å². The number of aromatic nitrogens is 5. The summed E-state index contributed by atoms with van der Waals surface area (Å²) in [4.78, 5) is 28.0. The molecule has 3 aliphatic heterocycles. The van der Waals surface area contributed by atoms with Crippen LogP contribution in [-0.4, -0.2) is 52.5 Å². The number of anilines is 2. The van der Waals surface area contributed by atoms with Gasteiger partial charge in [-0.3, -0.25) is 9.69 Å². The van der Waals surface area contributed by atoms with Crippen LogP contribution in [0.25, 0.3) is 11.5 Å². The van der Waals surface area contributed by atoms with Crippen LogP contribution < -0.4 is 14.5 Å². The summed E-state index contributed by atoms with van der Waals surface area (Å²) in [5.74, 6) is 3.04. The Morgan fingerprint density at radius 1 is 1.17 bits per heavy atom. The molecule has 10 nitrogen and oxygen atoms in total. The van der Waals surface area contributed by atoms with Crippen LogP contribution in [0.15, 0.2) is 24.3 Å².